The lowest BCUT2D eigenvalue weighted by Crippen LogP contribution is -2.18. The van der Waals surface area contributed by atoms with Crippen LogP contribution in [0.4, 0.5) is 11.4 Å². The number of nitrogens with zero attached hydrogens (tertiary/aromatic N) is 5. The molecule has 7 aromatic carbocycles. The number of fused-ring (bicyclic) bond motifs is 4. The van der Waals surface area contributed by atoms with Crippen molar-refractivity contribution in [2.45, 2.75) is 6.92 Å². The molecule has 58 heavy (non-hydrogen) atoms. The average Bonchev–Trinajstić information content (AvgIpc) is 3.64. The van der Waals surface area contributed by atoms with E-state index in [1.54, 1.807) is 0 Å². The van der Waals surface area contributed by atoms with E-state index in [1.165, 1.54) is 10.8 Å². The second kappa shape index (κ2) is 14.8. The van der Waals surface area contributed by atoms with Crippen molar-refractivity contribution in [3.05, 3.63) is 212 Å². The van der Waals surface area contributed by atoms with Gasteiger partial charge < -0.3 is 9.47 Å². The highest BCUT2D eigenvalue weighted by atomic mass is 15.1. The van der Waals surface area contributed by atoms with Crippen molar-refractivity contribution in [2.75, 3.05) is 11.4 Å². The quantitative estimate of drug-likeness (QED) is 0.170. The summed E-state index contributed by atoms with van der Waals surface area (Å²) >= 11 is 0. The molecule has 0 N–H and O–H groups in total. The monoisotopic (exact) mass is 745 g/mol. The Morgan fingerprint density at radius 2 is 1.09 bits per heavy atom. The van der Waals surface area contributed by atoms with Gasteiger partial charge in [-0.2, -0.15) is 0 Å². The van der Waals surface area contributed by atoms with E-state index in [0.29, 0.717) is 17.5 Å². The maximum absolute atomic E-state index is 5.06. The lowest BCUT2D eigenvalue weighted by Gasteiger charge is -2.27. The molecule has 0 saturated heterocycles. The first-order valence-electron chi connectivity index (χ1n) is 19.6. The highest BCUT2D eigenvalue weighted by Gasteiger charge is 2.19. The van der Waals surface area contributed by atoms with Crippen LogP contribution in [0.15, 0.2) is 201 Å². The maximum Gasteiger partial charge on any atom is 0.164 e. The van der Waals surface area contributed by atoms with Crippen LogP contribution >= 0.6 is 0 Å². The molecule has 0 radical (unpaired) electrons. The minimum atomic E-state index is 0.633. The first-order valence-corrected chi connectivity index (χ1v) is 19.6. The van der Waals surface area contributed by atoms with Gasteiger partial charge in [-0.15, -0.1) is 0 Å². The third-order valence-corrected chi connectivity index (χ3v) is 10.8. The Morgan fingerprint density at radius 3 is 1.81 bits per heavy atom. The van der Waals surface area contributed by atoms with Gasteiger partial charge in [-0.3, -0.25) is 0 Å². The Bertz CT molecular complexity index is 2990. The van der Waals surface area contributed by atoms with Crippen LogP contribution in [0, 0.1) is 6.92 Å². The van der Waals surface area contributed by atoms with Gasteiger partial charge in [0.15, 0.2) is 17.5 Å². The normalized spacial score (nSPS) is 13.8. The topological polar surface area (TPSA) is 46.8 Å². The summed E-state index contributed by atoms with van der Waals surface area (Å²) in [5.74, 6) is 1.92. The largest absolute Gasteiger partial charge is 0.337 e. The maximum atomic E-state index is 5.06. The molecule has 276 valence electrons. The minimum absolute atomic E-state index is 0.633. The van der Waals surface area contributed by atoms with Crippen LogP contribution in [0.3, 0.4) is 0 Å². The summed E-state index contributed by atoms with van der Waals surface area (Å²) in [6, 6.07) is 59.7. The molecule has 0 unspecified atom stereocenters. The Labute approximate surface area is 338 Å². The third-order valence-electron chi connectivity index (χ3n) is 10.8. The number of allylic oxidation sites excluding steroid dienone is 4. The van der Waals surface area contributed by atoms with Crippen molar-refractivity contribution in [1.82, 2.24) is 19.5 Å². The third kappa shape index (κ3) is 6.49. The lowest BCUT2D eigenvalue weighted by atomic mass is 9.96. The van der Waals surface area contributed by atoms with E-state index >= 15 is 0 Å². The first kappa shape index (κ1) is 34.8. The van der Waals surface area contributed by atoms with Crippen LogP contribution < -0.4 is 4.90 Å². The summed E-state index contributed by atoms with van der Waals surface area (Å²) in [6.07, 6.45) is 8.47. The number of anilines is 2. The zero-order valence-electron chi connectivity index (χ0n) is 32.1. The zero-order valence-corrected chi connectivity index (χ0v) is 32.1. The average molecular weight is 746 g/mol. The number of benzene rings is 7. The molecule has 9 aromatic rings. The van der Waals surface area contributed by atoms with Crippen LogP contribution in [0.1, 0.15) is 11.1 Å². The summed E-state index contributed by atoms with van der Waals surface area (Å²) in [5.41, 5.74) is 13.9. The minimum Gasteiger partial charge on any atom is -0.337 e. The molecule has 2 aromatic heterocycles. The second-order valence-electron chi connectivity index (χ2n) is 14.7. The fourth-order valence-electron chi connectivity index (χ4n) is 8.05. The van der Waals surface area contributed by atoms with Crippen molar-refractivity contribution >= 4 is 38.8 Å². The summed E-state index contributed by atoms with van der Waals surface area (Å²) in [5, 5.41) is 2.38. The van der Waals surface area contributed by atoms with Crippen molar-refractivity contribution in [1.29, 1.82) is 0 Å². The molecule has 5 nitrogen and oxygen atoms in total. The molecule has 0 spiro atoms. The van der Waals surface area contributed by atoms with Gasteiger partial charge >= 0.3 is 0 Å². The van der Waals surface area contributed by atoms with Gasteiger partial charge in [-0.25, -0.2) is 15.0 Å². The van der Waals surface area contributed by atoms with Gasteiger partial charge in [0, 0.05) is 56.6 Å². The molecule has 0 fully saturated rings. The fourth-order valence-corrected chi connectivity index (χ4v) is 8.05. The summed E-state index contributed by atoms with van der Waals surface area (Å²) in [4.78, 5) is 17.4. The van der Waals surface area contributed by atoms with E-state index < -0.39 is 0 Å². The van der Waals surface area contributed by atoms with Crippen molar-refractivity contribution < 1.29 is 0 Å². The first-order chi connectivity index (χ1) is 28.6. The number of aryl methyl sites for hydroxylation is 1. The predicted octanol–water partition coefficient (Wildman–Crippen LogP) is 13.2. The fraction of sp³-hybridized carbons (Fsp3) is 0.0377. The van der Waals surface area contributed by atoms with Crippen LogP contribution in [-0.2, 0) is 0 Å². The van der Waals surface area contributed by atoms with Crippen LogP contribution in [0.25, 0.3) is 78.4 Å². The number of hydrogen-bond donors (Lipinski definition) is 0. The Kier molecular flexibility index (Phi) is 8.88. The Balaban J connectivity index is 1.10. The van der Waals surface area contributed by atoms with E-state index in [0.717, 1.165) is 79.2 Å². The molecular formula is C53H39N5. The summed E-state index contributed by atoms with van der Waals surface area (Å²) < 4.78 is 2.36. The molecule has 0 aliphatic carbocycles. The molecule has 0 amide bonds. The molecule has 0 saturated carbocycles. The number of aromatic nitrogens is 4. The van der Waals surface area contributed by atoms with E-state index in [-0.39, 0.29) is 0 Å². The molecular weight excluding hydrogens is 707 g/mol. The lowest BCUT2D eigenvalue weighted by molar-refractivity contribution is 1.07. The Hall–Kier alpha value is -7.63. The van der Waals surface area contributed by atoms with Gasteiger partial charge in [0.25, 0.3) is 0 Å². The van der Waals surface area contributed by atoms with Gasteiger partial charge in [0.2, 0.25) is 0 Å². The van der Waals surface area contributed by atoms with E-state index in [2.05, 4.69) is 156 Å². The van der Waals surface area contributed by atoms with E-state index in [4.69, 9.17) is 15.0 Å². The number of para-hydroxylation sites is 2. The van der Waals surface area contributed by atoms with Gasteiger partial charge in [0.1, 0.15) is 0 Å². The number of hydrogen-bond acceptors (Lipinski definition) is 4. The summed E-state index contributed by atoms with van der Waals surface area (Å²) in [6.45, 7) is 7.40. The summed E-state index contributed by atoms with van der Waals surface area (Å²) in [7, 11) is 0. The predicted molar refractivity (Wildman–Crippen MR) is 241 cm³/mol. The van der Waals surface area contributed by atoms with Gasteiger partial charge in [-0.1, -0.05) is 140 Å². The molecule has 3 heterocycles. The van der Waals surface area contributed by atoms with E-state index in [1.807, 2.05) is 60.7 Å². The van der Waals surface area contributed by atoms with Crippen molar-refractivity contribution in [3.63, 3.8) is 0 Å². The standard InChI is InChI=1S/C53H39N5/c1-36-31-42(53-55-51(38-18-8-3-9-19-38)54-52(56-53)39-20-10-4-11-21-39)33-44(32-36)58-49-25-15-14-24-45(49)47-35-41(27-29-50(47)58)40-26-28-48-46(34-40)37(2)17-7-6-16-30-57(48)43-22-12-5-13-23-43/h3-29,31-35H,2,30H2,1H3/b16-6-,17-7-. The molecule has 1 aliphatic rings. The van der Waals surface area contributed by atoms with Gasteiger partial charge in [-0.05, 0) is 89.9 Å². The van der Waals surface area contributed by atoms with Crippen LogP contribution in [-0.4, -0.2) is 26.1 Å². The van der Waals surface area contributed by atoms with Crippen LogP contribution in [0.2, 0.25) is 0 Å². The molecule has 5 heteroatoms. The molecule has 1 aliphatic heterocycles. The highest BCUT2D eigenvalue weighted by Crippen LogP contribution is 2.40. The van der Waals surface area contributed by atoms with Crippen molar-refractivity contribution in [2.24, 2.45) is 0 Å². The van der Waals surface area contributed by atoms with Gasteiger partial charge in [0.05, 0.1) is 11.0 Å². The highest BCUT2D eigenvalue weighted by molar-refractivity contribution is 6.10. The van der Waals surface area contributed by atoms with E-state index in [9.17, 15) is 0 Å². The smallest absolute Gasteiger partial charge is 0.164 e. The van der Waals surface area contributed by atoms with Crippen LogP contribution in [0.5, 0.6) is 0 Å². The Morgan fingerprint density at radius 1 is 0.483 bits per heavy atom. The number of rotatable bonds is 6. The molecule has 10 rings (SSSR count). The SMILES string of the molecule is C=C1/C=C\C=C/CN(c2ccccc2)c2ccc(-c3ccc4c(c3)c3ccccc3n4-c3cc(C)cc(-c4nc(-c5ccccc5)nc(-c5ccccc5)n4)c3)cc21. The van der Waals surface area contributed by atoms with Crippen molar-refractivity contribution in [3.8, 4) is 51.0 Å². The molecule has 0 bridgehead atoms. The second-order valence-corrected chi connectivity index (χ2v) is 14.7. The molecule has 0 atom stereocenters. The zero-order chi connectivity index (χ0) is 39.0.